The van der Waals surface area contributed by atoms with Crippen LogP contribution in [0.1, 0.15) is 17.2 Å². The third kappa shape index (κ3) is 6.90. The number of nitrogens with zero attached hydrogens (tertiary/aromatic N) is 3. The van der Waals surface area contributed by atoms with Gasteiger partial charge in [-0.05, 0) is 42.0 Å². The molecule has 3 rings (SSSR count). The number of benzene rings is 2. The first kappa shape index (κ1) is 28.2. The zero-order valence-electron chi connectivity index (χ0n) is 18.7. The van der Waals surface area contributed by atoms with Crippen LogP contribution in [0.5, 0.6) is 0 Å². The molecular weight excluding hydrogens is 532 g/mol. The summed E-state index contributed by atoms with van der Waals surface area (Å²) in [4.78, 5) is 25.5. The predicted molar refractivity (Wildman–Crippen MR) is 120 cm³/mol. The van der Waals surface area contributed by atoms with Crippen LogP contribution < -0.4 is 16.7 Å². The van der Waals surface area contributed by atoms with Crippen LogP contribution >= 0.6 is 11.6 Å². The summed E-state index contributed by atoms with van der Waals surface area (Å²) in [6, 6.07) is 8.63. The van der Waals surface area contributed by atoms with E-state index in [2.05, 4.69) is 10.4 Å². The summed E-state index contributed by atoms with van der Waals surface area (Å²) in [5.74, 6) is -1.16. The molecule has 1 aromatic heterocycles. The van der Waals surface area contributed by atoms with E-state index in [-0.39, 0.29) is 23.5 Å². The van der Waals surface area contributed by atoms with E-state index in [0.29, 0.717) is 14.3 Å². The van der Waals surface area contributed by atoms with E-state index in [9.17, 15) is 41.0 Å². The number of aromatic nitrogens is 3. The molecule has 0 radical (unpaired) electrons. The van der Waals surface area contributed by atoms with Crippen LogP contribution in [0.4, 0.5) is 26.3 Å². The molecule has 1 heterocycles. The van der Waals surface area contributed by atoms with Crippen LogP contribution in [0, 0.1) is 0 Å². The van der Waals surface area contributed by atoms with E-state index in [0.717, 1.165) is 18.2 Å². The lowest BCUT2D eigenvalue weighted by molar-refractivity contribution is -0.207. The standard InChI is InChI=1S/C22H20ClF6N5O3/c23-15-6-4-12(5-7-15)19-32-34(20(37)33(19)10-17(35)22(27,28)29)11-18(36)31-16(9-30)13-2-1-3-14(8-13)21(24,25)26/h1-8,16-17,35H,9-11,30H2,(H,31,36)/t16?,17-/m0/s1. The van der Waals surface area contributed by atoms with Gasteiger partial charge in [-0.2, -0.15) is 26.3 Å². The fourth-order valence-corrected chi connectivity index (χ4v) is 3.51. The quantitative estimate of drug-likeness (QED) is 0.372. The number of aliphatic hydroxyl groups is 1. The number of hydrogen-bond acceptors (Lipinski definition) is 5. The van der Waals surface area contributed by atoms with Gasteiger partial charge in [-0.3, -0.25) is 9.36 Å². The molecule has 0 spiro atoms. The summed E-state index contributed by atoms with van der Waals surface area (Å²) < 4.78 is 79.1. The Bertz CT molecular complexity index is 1300. The van der Waals surface area contributed by atoms with Crippen molar-refractivity contribution in [3.05, 3.63) is 75.2 Å². The first-order valence-electron chi connectivity index (χ1n) is 10.6. The number of rotatable bonds is 8. The molecule has 2 aromatic carbocycles. The Hall–Kier alpha value is -3.36. The van der Waals surface area contributed by atoms with Gasteiger partial charge in [0.05, 0.1) is 18.2 Å². The molecular formula is C22H20ClF6N5O3. The first-order chi connectivity index (χ1) is 17.2. The van der Waals surface area contributed by atoms with Gasteiger partial charge in [-0.25, -0.2) is 9.48 Å². The van der Waals surface area contributed by atoms with Gasteiger partial charge in [0.1, 0.15) is 6.54 Å². The van der Waals surface area contributed by atoms with Gasteiger partial charge < -0.3 is 16.2 Å². The molecule has 1 unspecified atom stereocenters. The van der Waals surface area contributed by atoms with Gasteiger partial charge in [0, 0.05) is 17.1 Å². The normalized spacial score (nSPS) is 13.9. The van der Waals surface area contributed by atoms with Crippen molar-refractivity contribution < 1.29 is 36.2 Å². The van der Waals surface area contributed by atoms with Crippen molar-refractivity contribution in [2.75, 3.05) is 6.54 Å². The molecule has 3 aromatic rings. The molecule has 1 amide bonds. The van der Waals surface area contributed by atoms with Crippen molar-refractivity contribution in [1.82, 2.24) is 19.7 Å². The summed E-state index contributed by atoms with van der Waals surface area (Å²) >= 11 is 5.83. The molecule has 200 valence electrons. The Balaban J connectivity index is 1.89. The van der Waals surface area contributed by atoms with Crippen LogP contribution in [0.15, 0.2) is 53.3 Å². The van der Waals surface area contributed by atoms with Crippen molar-refractivity contribution >= 4 is 17.5 Å². The number of nitrogens with two attached hydrogens (primary N) is 1. The Morgan fingerprint density at radius 3 is 2.32 bits per heavy atom. The summed E-state index contributed by atoms with van der Waals surface area (Å²) in [6.45, 7) is -2.27. The van der Waals surface area contributed by atoms with Crippen LogP contribution in [-0.4, -0.2) is 44.2 Å². The highest BCUT2D eigenvalue weighted by Crippen LogP contribution is 2.30. The fourth-order valence-electron chi connectivity index (χ4n) is 3.38. The van der Waals surface area contributed by atoms with Gasteiger partial charge in [0.15, 0.2) is 11.9 Å². The number of alkyl halides is 6. The van der Waals surface area contributed by atoms with Crippen molar-refractivity contribution in [1.29, 1.82) is 0 Å². The van der Waals surface area contributed by atoms with Gasteiger partial charge in [0.2, 0.25) is 5.91 Å². The third-order valence-electron chi connectivity index (χ3n) is 5.24. The molecule has 0 fully saturated rings. The molecule has 2 atom stereocenters. The van der Waals surface area contributed by atoms with E-state index in [4.69, 9.17) is 17.3 Å². The van der Waals surface area contributed by atoms with Gasteiger partial charge in [0.25, 0.3) is 0 Å². The maximum absolute atomic E-state index is 13.0. The number of carbonyl (C=O) groups excluding carboxylic acids is 1. The maximum atomic E-state index is 13.0. The minimum Gasteiger partial charge on any atom is -0.382 e. The monoisotopic (exact) mass is 551 g/mol. The number of amides is 1. The second-order valence-corrected chi connectivity index (χ2v) is 8.35. The van der Waals surface area contributed by atoms with Crippen molar-refractivity contribution in [3.8, 4) is 11.4 Å². The maximum Gasteiger partial charge on any atom is 0.416 e. The number of carbonyl (C=O) groups is 1. The van der Waals surface area contributed by atoms with Crippen LogP contribution in [0.2, 0.25) is 5.02 Å². The molecule has 8 nitrogen and oxygen atoms in total. The number of nitrogens with one attached hydrogen (secondary N) is 1. The summed E-state index contributed by atoms with van der Waals surface area (Å²) in [5, 5.41) is 16.1. The zero-order chi connectivity index (χ0) is 27.5. The molecule has 0 saturated heterocycles. The second-order valence-electron chi connectivity index (χ2n) is 7.92. The third-order valence-corrected chi connectivity index (χ3v) is 5.49. The van der Waals surface area contributed by atoms with E-state index in [1.54, 1.807) is 0 Å². The minimum absolute atomic E-state index is 0.0544. The second kappa shape index (κ2) is 10.9. The highest BCUT2D eigenvalue weighted by atomic mass is 35.5. The topological polar surface area (TPSA) is 115 Å². The van der Waals surface area contributed by atoms with Crippen LogP contribution in [0.25, 0.3) is 11.4 Å². The van der Waals surface area contributed by atoms with E-state index in [1.165, 1.54) is 30.3 Å². The van der Waals surface area contributed by atoms with E-state index in [1.807, 2.05) is 0 Å². The average Bonchev–Trinajstić information content (AvgIpc) is 3.11. The highest BCUT2D eigenvalue weighted by molar-refractivity contribution is 6.30. The molecule has 0 bridgehead atoms. The summed E-state index contributed by atoms with van der Waals surface area (Å²) in [6.07, 6.45) is -12.6. The van der Waals surface area contributed by atoms with E-state index < -0.39 is 54.7 Å². The molecule has 0 aliphatic carbocycles. The van der Waals surface area contributed by atoms with Crippen LogP contribution in [0.3, 0.4) is 0 Å². The Morgan fingerprint density at radius 1 is 1.11 bits per heavy atom. The van der Waals surface area contributed by atoms with Crippen molar-refractivity contribution in [2.24, 2.45) is 5.73 Å². The molecule has 0 aliphatic heterocycles. The van der Waals surface area contributed by atoms with E-state index >= 15 is 0 Å². The number of hydrogen-bond donors (Lipinski definition) is 3. The highest BCUT2D eigenvalue weighted by Gasteiger charge is 2.39. The first-order valence-corrected chi connectivity index (χ1v) is 10.9. The molecule has 4 N–H and O–H groups in total. The number of aliphatic hydroxyl groups excluding tert-OH is 1. The largest absolute Gasteiger partial charge is 0.416 e. The molecule has 15 heteroatoms. The van der Waals surface area contributed by atoms with Gasteiger partial charge in [-0.1, -0.05) is 23.7 Å². The Morgan fingerprint density at radius 2 is 1.76 bits per heavy atom. The predicted octanol–water partition coefficient (Wildman–Crippen LogP) is 3.12. The van der Waals surface area contributed by atoms with Crippen molar-refractivity contribution in [3.63, 3.8) is 0 Å². The zero-order valence-corrected chi connectivity index (χ0v) is 19.5. The van der Waals surface area contributed by atoms with Gasteiger partial charge >= 0.3 is 18.0 Å². The lowest BCUT2D eigenvalue weighted by Crippen LogP contribution is -2.40. The summed E-state index contributed by atoms with van der Waals surface area (Å²) in [7, 11) is 0. The van der Waals surface area contributed by atoms with Gasteiger partial charge in [-0.15, -0.1) is 5.10 Å². The molecule has 0 saturated carbocycles. The molecule has 37 heavy (non-hydrogen) atoms. The van der Waals surface area contributed by atoms with Crippen LogP contribution in [-0.2, 0) is 24.1 Å². The fraction of sp³-hybridized carbons (Fsp3) is 0.318. The minimum atomic E-state index is -5.03. The lowest BCUT2D eigenvalue weighted by Gasteiger charge is -2.18. The lowest BCUT2D eigenvalue weighted by atomic mass is 10.0. The van der Waals surface area contributed by atoms with Crippen molar-refractivity contribution in [2.45, 2.75) is 37.6 Å². The average molecular weight is 552 g/mol. The smallest absolute Gasteiger partial charge is 0.382 e. The summed E-state index contributed by atoms with van der Waals surface area (Å²) in [5.41, 5.74) is 3.76. The molecule has 0 aliphatic rings. The number of halogens is 7. The Labute approximate surface area is 210 Å². The Kier molecular flexibility index (Phi) is 8.35. The SMILES string of the molecule is NCC(NC(=O)Cn1nc(-c2ccc(Cl)cc2)n(C[C@H](O)C(F)(F)F)c1=O)c1cccc(C(F)(F)F)c1.